The van der Waals surface area contributed by atoms with Crippen LogP contribution in [0.5, 0.6) is 5.88 Å². The molecule has 0 unspecified atom stereocenters. The number of hydrogen-bond donors (Lipinski definition) is 1. The second-order valence-corrected chi connectivity index (χ2v) is 7.56. The molecule has 0 bridgehead atoms. The van der Waals surface area contributed by atoms with Gasteiger partial charge >= 0.3 is 0 Å². The van der Waals surface area contributed by atoms with E-state index in [2.05, 4.69) is 14.8 Å². The van der Waals surface area contributed by atoms with E-state index in [0.29, 0.717) is 23.0 Å². The molecule has 0 spiro atoms. The number of ether oxygens (including phenoxy) is 1. The molecule has 3 aromatic rings. The number of methoxy groups -OCH3 is 1. The Balaban J connectivity index is 2.04. The fourth-order valence-electron chi connectivity index (χ4n) is 2.88. The molecule has 0 saturated heterocycles. The van der Waals surface area contributed by atoms with Crippen LogP contribution >= 0.6 is 0 Å². The summed E-state index contributed by atoms with van der Waals surface area (Å²) in [6.45, 7) is 5.35. The van der Waals surface area contributed by atoms with Crippen molar-refractivity contribution < 1.29 is 13.2 Å². The molecule has 0 amide bonds. The lowest BCUT2D eigenvalue weighted by Crippen LogP contribution is -2.15. The number of rotatable bonds is 4. The van der Waals surface area contributed by atoms with Gasteiger partial charge in [0.05, 0.1) is 24.0 Å². The highest BCUT2D eigenvalue weighted by Gasteiger charge is 2.24. The van der Waals surface area contributed by atoms with Gasteiger partial charge < -0.3 is 4.74 Å². The molecule has 2 heterocycles. The molecule has 0 aliphatic carbocycles. The Morgan fingerprint density at radius 1 is 1.16 bits per heavy atom. The average Bonchev–Trinajstić information content (AvgIpc) is 2.80. The largest absolute Gasteiger partial charge is 0.481 e. The molecule has 8 heteroatoms. The molecule has 0 saturated carbocycles. The number of fused-ring (bicyclic) bond motifs is 1. The molecule has 2 aromatic heterocycles. The number of benzene rings is 1. The zero-order valence-electron chi connectivity index (χ0n) is 14.8. The summed E-state index contributed by atoms with van der Waals surface area (Å²) in [4.78, 5) is 4.58. The summed E-state index contributed by atoms with van der Waals surface area (Å²) in [7, 11) is -0.440. The Kier molecular flexibility index (Phi) is 4.16. The lowest BCUT2D eigenvalue weighted by atomic mass is 10.1. The first-order chi connectivity index (χ1) is 11.7. The molecular weight excluding hydrogens is 340 g/mol. The van der Waals surface area contributed by atoms with Gasteiger partial charge in [-0.1, -0.05) is 0 Å². The van der Waals surface area contributed by atoms with Gasteiger partial charge in [0, 0.05) is 24.2 Å². The highest BCUT2D eigenvalue weighted by molar-refractivity contribution is 7.92. The second kappa shape index (κ2) is 6.03. The van der Waals surface area contributed by atoms with Gasteiger partial charge in [0.25, 0.3) is 10.0 Å². The lowest BCUT2D eigenvalue weighted by Gasteiger charge is -2.11. The van der Waals surface area contributed by atoms with Crippen LogP contribution in [0.2, 0.25) is 0 Å². The first kappa shape index (κ1) is 17.2. The van der Waals surface area contributed by atoms with E-state index >= 15 is 0 Å². The molecule has 0 aliphatic rings. The molecule has 25 heavy (non-hydrogen) atoms. The zero-order chi connectivity index (χ0) is 18.4. The van der Waals surface area contributed by atoms with Crippen LogP contribution in [0.15, 0.2) is 29.2 Å². The molecule has 3 rings (SSSR count). The van der Waals surface area contributed by atoms with E-state index in [9.17, 15) is 8.42 Å². The van der Waals surface area contributed by atoms with Gasteiger partial charge in [-0.3, -0.25) is 9.40 Å². The Morgan fingerprint density at radius 2 is 1.88 bits per heavy atom. The van der Waals surface area contributed by atoms with Crippen LogP contribution < -0.4 is 9.46 Å². The van der Waals surface area contributed by atoms with Crippen LogP contribution in [0.1, 0.15) is 17.0 Å². The molecule has 1 N–H and O–H groups in total. The molecule has 1 aromatic carbocycles. The first-order valence-electron chi connectivity index (χ1n) is 7.71. The van der Waals surface area contributed by atoms with Crippen LogP contribution in [-0.4, -0.2) is 30.3 Å². The van der Waals surface area contributed by atoms with Crippen LogP contribution in [0.25, 0.3) is 10.9 Å². The minimum Gasteiger partial charge on any atom is -0.481 e. The van der Waals surface area contributed by atoms with Crippen molar-refractivity contribution in [3.05, 3.63) is 41.2 Å². The Bertz CT molecular complexity index is 1070. The predicted molar refractivity (Wildman–Crippen MR) is 96.5 cm³/mol. The van der Waals surface area contributed by atoms with Crippen molar-refractivity contribution in [2.24, 2.45) is 7.05 Å². The normalized spacial score (nSPS) is 11.7. The molecule has 132 valence electrons. The number of anilines is 1. The van der Waals surface area contributed by atoms with E-state index in [1.807, 2.05) is 13.0 Å². The van der Waals surface area contributed by atoms with Gasteiger partial charge in [0.1, 0.15) is 4.90 Å². The topological polar surface area (TPSA) is 86.1 Å². The van der Waals surface area contributed by atoms with Crippen molar-refractivity contribution in [1.29, 1.82) is 0 Å². The SMILES string of the molecule is COc1cc(C)c2cc(NS(=O)(=O)c3c(C)nn(C)c3C)ccc2n1. The molecule has 0 radical (unpaired) electrons. The van der Waals surface area contributed by atoms with Crippen LogP contribution in [0.4, 0.5) is 5.69 Å². The van der Waals surface area contributed by atoms with E-state index in [1.165, 1.54) is 0 Å². The van der Waals surface area contributed by atoms with Crippen molar-refractivity contribution in [3.63, 3.8) is 0 Å². The van der Waals surface area contributed by atoms with Gasteiger partial charge in [-0.15, -0.1) is 0 Å². The Labute approximate surface area is 146 Å². The minimum absolute atomic E-state index is 0.208. The fraction of sp³-hybridized carbons (Fsp3) is 0.294. The molecular formula is C17H20N4O3S. The summed E-state index contributed by atoms with van der Waals surface area (Å²) < 4.78 is 34.9. The maximum absolute atomic E-state index is 12.8. The summed E-state index contributed by atoms with van der Waals surface area (Å²) >= 11 is 0. The summed E-state index contributed by atoms with van der Waals surface area (Å²) in [6, 6.07) is 7.05. The van der Waals surface area contributed by atoms with Crippen molar-refractivity contribution in [1.82, 2.24) is 14.8 Å². The van der Waals surface area contributed by atoms with E-state index in [1.54, 1.807) is 50.9 Å². The van der Waals surface area contributed by atoms with Gasteiger partial charge in [0.15, 0.2) is 0 Å². The zero-order valence-corrected chi connectivity index (χ0v) is 15.6. The third-order valence-electron chi connectivity index (χ3n) is 4.16. The number of aromatic nitrogens is 3. The van der Waals surface area contributed by atoms with E-state index < -0.39 is 10.0 Å². The monoisotopic (exact) mass is 360 g/mol. The van der Waals surface area contributed by atoms with Crippen molar-refractivity contribution >= 4 is 26.6 Å². The quantitative estimate of drug-likeness (QED) is 0.773. The van der Waals surface area contributed by atoms with E-state index in [0.717, 1.165) is 16.5 Å². The number of nitrogens with one attached hydrogen (secondary N) is 1. The fourth-order valence-corrected chi connectivity index (χ4v) is 4.37. The number of nitrogens with zero attached hydrogens (tertiary/aromatic N) is 3. The predicted octanol–water partition coefficient (Wildman–Crippen LogP) is 2.70. The standard InChI is InChI=1S/C17H20N4O3S/c1-10-8-16(24-5)18-15-7-6-13(9-14(10)15)20-25(22,23)17-11(2)19-21(4)12(17)3/h6-9,20H,1-5H3. The summed E-state index contributed by atoms with van der Waals surface area (Å²) in [5.74, 6) is 0.528. The summed E-state index contributed by atoms with van der Waals surface area (Å²) in [5, 5.41) is 5.04. The number of pyridine rings is 1. The average molecular weight is 360 g/mol. The van der Waals surface area contributed by atoms with Crippen LogP contribution in [0, 0.1) is 20.8 Å². The van der Waals surface area contributed by atoms with Crippen molar-refractivity contribution in [2.45, 2.75) is 25.7 Å². The van der Waals surface area contributed by atoms with Gasteiger partial charge in [-0.25, -0.2) is 13.4 Å². The maximum atomic E-state index is 12.8. The van der Waals surface area contributed by atoms with E-state index in [4.69, 9.17) is 4.74 Å². The highest BCUT2D eigenvalue weighted by atomic mass is 32.2. The lowest BCUT2D eigenvalue weighted by molar-refractivity contribution is 0.399. The molecule has 0 fully saturated rings. The summed E-state index contributed by atoms with van der Waals surface area (Å²) in [5.41, 5.74) is 3.24. The van der Waals surface area contributed by atoms with Crippen LogP contribution in [-0.2, 0) is 17.1 Å². The summed E-state index contributed by atoms with van der Waals surface area (Å²) in [6.07, 6.45) is 0. The second-order valence-electron chi connectivity index (χ2n) is 5.94. The maximum Gasteiger partial charge on any atom is 0.265 e. The molecule has 0 atom stereocenters. The van der Waals surface area contributed by atoms with Crippen molar-refractivity contribution in [3.8, 4) is 5.88 Å². The van der Waals surface area contributed by atoms with E-state index in [-0.39, 0.29) is 4.90 Å². The van der Waals surface area contributed by atoms with Gasteiger partial charge in [-0.05, 0) is 44.5 Å². The number of sulfonamides is 1. The van der Waals surface area contributed by atoms with Crippen LogP contribution in [0.3, 0.4) is 0 Å². The molecule has 7 nitrogen and oxygen atoms in total. The third-order valence-corrected chi connectivity index (χ3v) is 5.80. The smallest absolute Gasteiger partial charge is 0.265 e. The Morgan fingerprint density at radius 3 is 2.48 bits per heavy atom. The van der Waals surface area contributed by atoms with Gasteiger partial charge in [-0.2, -0.15) is 5.10 Å². The Hall–Kier alpha value is -2.61. The first-order valence-corrected chi connectivity index (χ1v) is 9.19. The van der Waals surface area contributed by atoms with Crippen molar-refractivity contribution in [2.75, 3.05) is 11.8 Å². The minimum atomic E-state index is -3.73. The number of aryl methyl sites for hydroxylation is 3. The van der Waals surface area contributed by atoms with Gasteiger partial charge in [0.2, 0.25) is 5.88 Å². The highest BCUT2D eigenvalue weighted by Crippen LogP contribution is 2.27. The molecule has 0 aliphatic heterocycles. The third kappa shape index (κ3) is 3.05. The number of hydrogen-bond acceptors (Lipinski definition) is 5.